The topological polar surface area (TPSA) is 12.9 Å². The minimum Gasteiger partial charge on any atom is -0.262 e. The van der Waals surface area contributed by atoms with Crippen molar-refractivity contribution < 1.29 is 0 Å². The first-order chi connectivity index (χ1) is 31.6. The van der Waals surface area contributed by atoms with Crippen LogP contribution in [0.15, 0.2) is 194 Å². The summed E-state index contributed by atoms with van der Waals surface area (Å²) in [4.78, 5) is 3.98. The second-order valence-electron chi connectivity index (χ2n) is 20.2. The first-order valence-corrected chi connectivity index (χ1v) is 23.8. The Labute approximate surface area is 396 Å². The predicted octanol–water partition coefficient (Wildman–Crippen LogP) is 17.8. The van der Waals surface area contributed by atoms with Crippen LogP contribution in [0.5, 0.6) is 0 Å². The Morgan fingerprint density at radius 2 is 0.864 bits per heavy atom. The fourth-order valence-corrected chi connectivity index (χ4v) is 9.25. The molecule has 1 aromatic heterocycles. The lowest BCUT2D eigenvalue weighted by Crippen LogP contribution is -2.18. The Kier molecular flexibility index (Phi) is 14.9. The molecule has 8 aromatic carbocycles. The van der Waals surface area contributed by atoms with Crippen LogP contribution in [0.4, 0.5) is 0 Å². The fraction of sp³-hybridized carbons (Fsp3) is 0.246. The summed E-state index contributed by atoms with van der Waals surface area (Å²) in [5.41, 5.74) is 18.9. The molecule has 334 valence electrons. The van der Waals surface area contributed by atoms with Gasteiger partial charge in [0.25, 0.3) is 0 Å². The summed E-state index contributed by atoms with van der Waals surface area (Å²) in [5.74, 6) is 1.04. The van der Waals surface area contributed by atoms with E-state index in [-0.39, 0.29) is 10.8 Å². The van der Waals surface area contributed by atoms with Gasteiger partial charge in [-0.25, -0.2) is 0 Å². The van der Waals surface area contributed by atoms with Gasteiger partial charge in [-0.1, -0.05) is 237 Å². The molecule has 2 aliphatic rings. The van der Waals surface area contributed by atoms with Crippen LogP contribution in [-0.2, 0) is 17.3 Å². The highest BCUT2D eigenvalue weighted by Crippen LogP contribution is 2.44. The third kappa shape index (κ3) is 11.3. The summed E-state index contributed by atoms with van der Waals surface area (Å²) in [6.07, 6.45) is 2.86. The van der Waals surface area contributed by atoms with Crippen molar-refractivity contribution in [2.24, 2.45) is 0 Å². The zero-order valence-corrected chi connectivity index (χ0v) is 41.3. The van der Waals surface area contributed by atoms with E-state index in [0.717, 1.165) is 12.1 Å². The van der Waals surface area contributed by atoms with Crippen LogP contribution >= 0.6 is 0 Å². The highest BCUT2D eigenvalue weighted by molar-refractivity contribution is 6.08. The zero-order valence-electron chi connectivity index (χ0n) is 41.3. The number of benzene rings is 8. The largest absolute Gasteiger partial charge is 0.262 e. The summed E-state index contributed by atoms with van der Waals surface area (Å²) < 4.78 is 0. The molecule has 1 heterocycles. The molecule has 1 nitrogen and oxygen atoms in total. The van der Waals surface area contributed by atoms with Crippen LogP contribution < -0.4 is 0 Å². The monoisotopic (exact) mass is 864 g/mol. The van der Waals surface area contributed by atoms with Gasteiger partial charge in [-0.05, 0) is 133 Å². The van der Waals surface area contributed by atoms with E-state index in [2.05, 4.69) is 226 Å². The molecule has 0 unspecified atom stereocenters. The SMILES string of the molecule is CC1c2cc(C(C)(C)C)ccc2Cc2ccc(C(C)(C)C)cc21.CC1c2ccccc2-c2ccccc21.Cc1cc2ccccc2c2ccccc12.Cc1ccccc1.Cc1ccccn1. The van der Waals surface area contributed by atoms with Crippen LogP contribution in [0.3, 0.4) is 0 Å². The number of pyridine rings is 1. The van der Waals surface area contributed by atoms with Crippen molar-refractivity contribution in [1.82, 2.24) is 4.98 Å². The number of rotatable bonds is 0. The fourth-order valence-electron chi connectivity index (χ4n) is 9.25. The van der Waals surface area contributed by atoms with E-state index in [9.17, 15) is 0 Å². The molecule has 0 amide bonds. The molecule has 2 aliphatic carbocycles. The highest BCUT2D eigenvalue weighted by atomic mass is 14.6. The molecule has 0 saturated carbocycles. The van der Waals surface area contributed by atoms with Crippen LogP contribution in [0, 0.1) is 20.8 Å². The van der Waals surface area contributed by atoms with Gasteiger partial charge < -0.3 is 0 Å². The molecule has 0 saturated heterocycles. The summed E-state index contributed by atoms with van der Waals surface area (Å²) in [7, 11) is 0. The summed E-state index contributed by atoms with van der Waals surface area (Å²) in [6, 6.07) is 67.2. The molecule has 66 heavy (non-hydrogen) atoms. The van der Waals surface area contributed by atoms with Gasteiger partial charge in [0, 0.05) is 23.7 Å². The average Bonchev–Trinajstić information content (AvgIpc) is 3.61. The maximum atomic E-state index is 3.98. The van der Waals surface area contributed by atoms with Crippen molar-refractivity contribution in [2.45, 2.75) is 105 Å². The first kappa shape index (κ1) is 47.4. The van der Waals surface area contributed by atoms with Crippen molar-refractivity contribution in [3.8, 4) is 11.1 Å². The number of hydrogen-bond acceptors (Lipinski definition) is 1. The Bertz CT molecular complexity index is 2870. The number of hydrogen-bond donors (Lipinski definition) is 0. The second-order valence-corrected chi connectivity index (χ2v) is 20.2. The molecule has 0 bridgehead atoms. The van der Waals surface area contributed by atoms with Crippen molar-refractivity contribution in [1.29, 1.82) is 0 Å². The lowest BCUT2D eigenvalue weighted by Gasteiger charge is -2.30. The van der Waals surface area contributed by atoms with Crippen LogP contribution in [0.1, 0.15) is 129 Å². The first-order valence-electron chi connectivity index (χ1n) is 23.8. The minimum absolute atomic E-state index is 0.211. The molecule has 0 aliphatic heterocycles. The number of nitrogens with zero attached hydrogens (tertiary/aromatic N) is 1. The van der Waals surface area contributed by atoms with Gasteiger partial charge >= 0.3 is 0 Å². The molecule has 0 radical (unpaired) electrons. The highest BCUT2D eigenvalue weighted by Gasteiger charge is 2.27. The van der Waals surface area contributed by atoms with E-state index < -0.39 is 0 Å². The third-order valence-corrected chi connectivity index (χ3v) is 13.2. The number of aryl methyl sites for hydroxylation is 3. The molecule has 0 spiro atoms. The second kappa shape index (κ2) is 20.7. The Morgan fingerprint density at radius 3 is 1.33 bits per heavy atom. The molecule has 0 fully saturated rings. The van der Waals surface area contributed by atoms with Gasteiger partial charge in [-0.2, -0.15) is 0 Å². The minimum atomic E-state index is 0.211. The van der Waals surface area contributed by atoms with E-state index in [0.29, 0.717) is 11.8 Å². The van der Waals surface area contributed by atoms with Gasteiger partial charge in [-0.15, -0.1) is 0 Å². The van der Waals surface area contributed by atoms with Crippen molar-refractivity contribution >= 4 is 21.5 Å². The Balaban J connectivity index is 0.000000131. The normalized spacial score (nSPS) is 12.6. The number of fused-ring (bicyclic) bond motifs is 8. The van der Waals surface area contributed by atoms with Crippen LogP contribution in [0.2, 0.25) is 0 Å². The predicted molar refractivity (Wildman–Crippen MR) is 286 cm³/mol. The smallest absolute Gasteiger partial charge is 0.0372 e. The molecule has 0 atom stereocenters. The summed E-state index contributed by atoms with van der Waals surface area (Å²) >= 11 is 0. The van der Waals surface area contributed by atoms with E-state index in [4.69, 9.17) is 0 Å². The van der Waals surface area contributed by atoms with E-state index in [1.165, 1.54) is 88.3 Å². The van der Waals surface area contributed by atoms with Gasteiger partial charge in [0.15, 0.2) is 0 Å². The van der Waals surface area contributed by atoms with E-state index in [1.807, 2.05) is 43.3 Å². The standard InChI is InChI=1S/C23H30.C15H12.C14H12.C7H8.C6H7N/c1-15-20-13-18(22(2,3)4)10-8-16(20)12-17-9-11-19(14-21(15)17)23(5,6)7;1-11-10-12-6-2-3-8-14(12)15-9-5-4-7-13(11)15;1-10-11-6-2-4-8-13(11)14-9-5-3-7-12(10)14;1-7-5-3-2-4-6-7;1-6-4-2-3-5-7-6/h8-11,13-15H,12H2,1-7H3;2-10H,1H3;2-10H,1H3;2-6H,1H3;2-5H,1H3. The van der Waals surface area contributed by atoms with Crippen molar-refractivity contribution in [3.05, 3.63) is 256 Å². The average molecular weight is 864 g/mol. The maximum absolute atomic E-state index is 3.98. The molecule has 0 N–H and O–H groups in total. The molecule has 9 aromatic rings. The third-order valence-electron chi connectivity index (χ3n) is 13.2. The molecular formula is C65H69N. The summed E-state index contributed by atoms with van der Waals surface area (Å²) in [5, 5.41) is 5.39. The van der Waals surface area contributed by atoms with Crippen molar-refractivity contribution in [2.75, 3.05) is 0 Å². The van der Waals surface area contributed by atoms with Gasteiger partial charge in [0.05, 0.1) is 0 Å². The Morgan fingerprint density at radius 1 is 0.409 bits per heavy atom. The lowest BCUT2D eigenvalue weighted by molar-refractivity contribution is 0.585. The molecule has 11 rings (SSSR count). The lowest BCUT2D eigenvalue weighted by atomic mass is 9.74. The zero-order chi connectivity index (χ0) is 47.0. The molecule has 1 heteroatoms. The van der Waals surface area contributed by atoms with Gasteiger partial charge in [0.2, 0.25) is 0 Å². The summed E-state index contributed by atoms with van der Waals surface area (Å²) in [6.45, 7) is 24.7. The van der Waals surface area contributed by atoms with E-state index >= 15 is 0 Å². The number of aromatic nitrogens is 1. The quantitative estimate of drug-likeness (QED) is 0.138. The Hall–Kier alpha value is -6.57. The van der Waals surface area contributed by atoms with Crippen LogP contribution in [-0.4, -0.2) is 4.98 Å². The van der Waals surface area contributed by atoms with Gasteiger partial charge in [-0.3, -0.25) is 4.98 Å². The van der Waals surface area contributed by atoms with E-state index in [1.54, 1.807) is 6.20 Å². The molecular weight excluding hydrogens is 795 g/mol. The van der Waals surface area contributed by atoms with Gasteiger partial charge in [0.1, 0.15) is 0 Å². The maximum Gasteiger partial charge on any atom is 0.0372 e. The van der Waals surface area contributed by atoms with Crippen molar-refractivity contribution in [3.63, 3.8) is 0 Å². The van der Waals surface area contributed by atoms with Crippen LogP contribution in [0.25, 0.3) is 32.7 Å².